The lowest BCUT2D eigenvalue weighted by molar-refractivity contribution is -0.118. The summed E-state index contributed by atoms with van der Waals surface area (Å²) in [5, 5.41) is 9.46. The summed E-state index contributed by atoms with van der Waals surface area (Å²) in [5.41, 5.74) is 1.93. The van der Waals surface area contributed by atoms with Gasteiger partial charge >= 0.3 is 0 Å². The van der Waals surface area contributed by atoms with Crippen molar-refractivity contribution in [1.82, 2.24) is 10.6 Å². The van der Waals surface area contributed by atoms with Crippen LogP contribution in [0.5, 0.6) is 0 Å². The first-order chi connectivity index (χ1) is 13.1. The van der Waals surface area contributed by atoms with Gasteiger partial charge in [0.15, 0.2) is 5.96 Å². The molecule has 0 bridgehead atoms. The molecular weight excluding hydrogens is 471 g/mol. The highest BCUT2D eigenvalue weighted by Crippen LogP contribution is 2.11. The average Bonchev–Trinajstić information content (AvgIpc) is 3.18. The molecule has 1 unspecified atom stereocenters. The summed E-state index contributed by atoms with van der Waals surface area (Å²) in [5.74, 6) is 0.754. The fraction of sp³-hybridized carbons (Fsp3) is 0.600. The molecule has 158 valence electrons. The Bertz CT molecular complexity index is 602. The van der Waals surface area contributed by atoms with Crippen LogP contribution in [-0.2, 0) is 20.8 Å². The summed E-state index contributed by atoms with van der Waals surface area (Å²) < 4.78 is 11.0. The van der Waals surface area contributed by atoms with Gasteiger partial charge in [0.25, 0.3) is 0 Å². The van der Waals surface area contributed by atoms with E-state index in [2.05, 4.69) is 20.9 Å². The number of nitrogens with zero attached hydrogens (tertiary/aromatic N) is 1. The van der Waals surface area contributed by atoms with Crippen LogP contribution < -0.4 is 16.0 Å². The number of nitrogens with one attached hydrogen (secondary N) is 3. The van der Waals surface area contributed by atoms with Gasteiger partial charge in [-0.3, -0.25) is 9.79 Å². The molecular formula is C20H33IN4O3. The van der Waals surface area contributed by atoms with Gasteiger partial charge in [0.2, 0.25) is 5.91 Å². The molecule has 0 spiro atoms. The van der Waals surface area contributed by atoms with Crippen LogP contribution in [0.25, 0.3) is 0 Å². The number of amides is 1. The summed E-state index contributed by atoms with van der Waals surface area (Å²) in [6, 6.07) is 7.82. The molecule has 1 atom stereocenters. The van der Waals surface area contributed by atoms with Gasteiger partial charge in [-0.05, 0) is 30.5 Å². The summed E-state index contributed by atoms with van der Waals surface area (Å²) in [7, 11) is 1.76. The Morgan fingerprint density at radius 2 is 2.04 bits per heavy atom. The minimum absolute atomic E-state index is 0. The van der Waals surface area contributed by atoms with Crippen molar-refractivity contribution in [2.24, 2.45) is 10.9 Å². The molecule has 1 aliphatic rings. The minimum atomic E-state index is -0.0300. The zero-order chi connectivity index (χ0) is 19.5. The van der Waals surface area contributed by atoms with Crippen LogP contribution in [0.2, 0.25) is 0 Å². The number of aliphatic imine (C=N–C) groups is 1. The third kappa shape index (κ3) is 9.20. The van der Waals surface area contributed by atoms with Crippen LogP contribution in [0.3, 0.4) is 0 Å². The molecule has 0 saturated carbocycles. The van der Waals surface area contributed by atoms with E-state index in [-0.39, 0.29) is 41.9 Å². The fourth-order valence-electron chi connectivity index (χ4n) is 2.57. The predicted molar refractivity (Wildman–Crippen MR) is 123 cm³/mol. The highest BCUT2D eigenvalue weighted by Gasteiger charge is 2.15. The molecule has 1 heterocycles. The molecule has 1 aromatic rings. The highest BCUT2D eigenvalue weighted by molar-refractivity contribution is 14.0. The topological polar surface area (TPSA) is 84.0 Å². The van der Waals surface area contributed by atoms with Crippen molar-refractivity contribution in [3.63, 3.8) is 0 Å². The Morgan fingerprint density at radius 3 is 2.64 bits per heavy atom. The van der Waals surface area contributed by atoms with Gasteiger partial charge in [0.1, 0.15) is 0 Å². The number of carbonyl (C=O) groups excluding carboxylic acids is 1. The monoisotopic (exact) mass is 504 g/mol. The lowest BCUT2D eigenvalue weighted by Gasteiger charge is -2.13. The first kappa shape index (κ1) is 24.6. The van der Waals surface area contributed by atoms with Crippen molar-refractivity contribution in [2.45, 2.75) is 39.3 Å². The normalized spacial score (nSPS) is 16.6. The second-order valence-corrected chi connectivity index (χ2v) is 6.90. The minimum Gasteiger partial charge on any atom is -0.379 e. The predicted octanol–water partition coefficient (Wildman–Crippen LogP) is 2.76. The van der Waals surface area contributed by atoms with E-state index in [9.17, 15) is 4.79 Å². The van der Waals surface area contributed by atoms with E-state index < -0.39 is 0 Å². The number of hydrogen-bond acceptors (Lipinski definition) is 4. The van der Waals surface area contributed by atoms with Crippen molar-refractivity contribution < 1.29 is 14.3 Å². The number of ether oxygens (including phenoxy) is 2. The van der Waals surface area contributed by atoms with E-state index in [0.29, 0.717) is 6.54 Å². The highest BCUT2D eigenvalue weighted by atomic mass is 127. The Morgan fingerprint density at radius 1 is 1.29 bits per heavy atom. The summed E-state index contributed by atoms with van der Waals surface area (Å²) in [6.07, 6.45) is 2.17. The molecule has 0 aromatic heterocycles. The number of halogens is 1. The Kier molecular flexibility index (Phi) is 12.1. The zero-order valence-electron chi connectivity index (χ0n) is 17.0. The van der Waals surface area contributed by atoms with E-state index in [1.54, 1.807) is 7.05 Å². The van der Waals surface area contributed by atoms with Gasteiger partial charge in [-0.25, -0.2) is 0 Å². The maximum absolute atomic E-state index is 11.7. The number of guanidine groups is 1. The van der Waals surface area contributed by atoms with Crippen LogP contribution in [0.15, 0.2) is 29.3 Å². The van der Waals surface area contributed by atoms with Crippen LogP contribution >= 0.6 is 24.0 Å². The van der Waals surface area contributed by atoms with Gasteiger partial charge in [-0.15, -0.1) is 24.0 Å². The van der Waals surface area contributed by atoms with Crippen molar-refractivity contribution in [3.8, 4) is 0 Å². The second kappa shape index (κ2) is 13.7. The molecule has 3 N–H and O–H groups in total. The molecule has 1 aromatic carbocycles. The SMILES string of the molecule is CN=C(NCCCOC1CCOC1)NCc1ccc(NC(=O)C(C)C)cc1.I. The Hall–Kier alpha value is -1.39. The number of carbonyl (C=O) groups is 1. The van der Waals surface area contributed by atoms with Gasteiger partial charge < -0.3 is 25.4 Å². The molecule has 1 fully saturated rings. The molecule has 0 radical (unpaired) electrons. The van der Waals surface area contributed by atoms with Gasteiger partial charge in [-0.1, -0.05) is 26.0 Å². The van der Waals surface area contributed by atoms with E-state index in [1.165, 1.54) is 0 Å². The van der Waals surface area contributed by atoms with Crippen LogP contribution in [-0.4, -0.2) is 51.4 Å². The van der Waals surface area contributed by atoms with E-state index in [4.69, 9.17) is 9.47 Å². The number of benzene rings is 1. The molecule has 28 heavy (non-hydrogen) atoms. The standard InChI is InChI=1S/C20H32N4O3.HI/c1-15(2)19(25)24-17-7-5-16(6-8-17)13-23-20(21-3)22-10-4-11-27-18-9-12-26-14-18;/h5-8,15,18H,4,9-14H2,1-3H3,(H,24,25)(H2,21,22,23);1H. The third-order valence-corrected chi connectivity index (χ3v) is 4.28. The maximum Gasteiger partial charge on any atom is 0.226 e. The quantitative estimate of drug-likeness (QED) is 0.209. The molecule has 8 heteroatoms. The fourth-order valence-corrected chi connectivity index (χ4v) is 2.57. The molecule has 7 nitrogen and oxygen atoms in total. The van der Waals surface area contributed by atoms with Crippen molar-refractivity contribution in [3.05, 3.63) is 29.8 Å². The van der Waals surface area contributed by atoms with E-state index in [0.717, 1.165) is 56.4 Å². The molecule has 1 amide bonds. The first-order valence-corrected chi connectivity index (χ1v) is 9.62. The molecule has 0 aliphatic carbocycles. The van der Waals surface area contributed by atoms with Crippen molar-refractivity contribution >= 4 is 41.5 Å². The van der Waals surface area contributed by atoms with Gasteiger partial charge in [0.05, 0.1) is 12.7 Å². The third-order valence-electron chi connectivity index (χ3n) is 4.28. The van der Waals surface area contributed by atoms with Crippen molar-refractivity contribution in [2.75, 3.05) is 38.7 Å². The van der Waals surface area contributed by atoms with Crippen molar-refractivity contribution in [1.29, 1.82) is 0 Å². The Labute approximate surface area is 185 Å². The van der Waals surface area contributed by atoms with Crippen LogP contribution in [0.1, 0.15) is 32.3 Å². The smallest absolute Gasteiger partial charge is 0.226 e. The van der Waals surface area contributed by atoms with Gasteiger partial charge in [0, 0.05) is 45.0 Å². The second-order valence-electron chi connectivity index (χ2n) is 6.90. The van der Waals surface area contributed by atoms with E-state index in [1.807, 2.05) is 38.1 Å². The number of rotatable bonds is 9. The summed E-state index contributed by atoms with van der Waals surface area (Å²) in [4.78, 5) is 15.9. The molecule has 1 aliphatic heterocycles. The summed E-state index contributed by atoms with van der Waals surface area (Å²) >= 11 is 0. The van der Waals surface area contributed by atoms with Gasteiger partial charge in [-0.2, -0.15) is 0 Å². The molecule has 1 saturated heterocycles. The largest absolute Gasteiger partial charge is 0.379 e. The van der Waals surface area contributed by atoms with Crippen LogP contribution in [0, 0.1) is 5.92 Å². The number of anilines is 1. The first-order valence-electron chi connectivity index (χ1n) is 9.62. The molecule has 2 rings (SSSR count). The zero-order valence-corrected chi connectivity index (χ0v) is 19.3. The van der Waals surface area contributed by atoms with E-state index >= 15 is 0 Å². The number of hydrogen-bond donors (Lipinski definition) is 3. The Balaban J connectivity index is 0.00000392. The van der Waals surface area contributed by atoms with Crippen LogP contribution in [0.4, 0.5) is 5.69 Å². The average molecular weight is 504 g/mol. The summed E-state index contributed by atoms with van der Waals surface area (Å²) in [6.45, 7) is 7.47. The lowest BCUT2D eigenvalue weighted by Crippen LogP contribution is -2.37. The lowest BCUT2D eigenvalue weighted by atomic mass is 10.1. The maximum atomic E-state index is 11.7.